The molecule has 1 saturated carbocycles. The van der Waals surface area contributed by atoms with Gasteiger partial charge < -0.3 is 15.4 Å². The predicted molar refractivity (Wildman–Crippen MR) is 102 cm³/mol. The summed E-state index contributed by atoms with van der Waals surface area (Å²) >= 11 is 0. The summed E-state index contributed by atoms with van der Waals surface area (Å²) in [6.45, 7) is 2.31. The van der Waals surface area contributed by atoms with Crippen molar-refractivity contribution < 1.29 is 9.53 Å². The third-order valence-electron chi connectivity index (χ3n) is 5.36. The van der Waals surface area contributed by atoms with Crippen LogP contribution in [-0.4, -0.2) is 31.2 Å². The minimum absolute atomic E-state index is 0.0203. The first-order valence-corrected chi connectivity index (χ1v) is 9.55. The summed E-state index contributed by atoms with van der Waals surface area (Å²) in [5, 5.41) is 6.74. The normalized spacial score (nSPS) is 22.8. The van der Waals surface area contributed by atoms with Crippen molar-refractivity contribution in [2.45, 2.75) is 43.8 Å². The van der Waals surface area contributed by atoms with Gasteiger partial charge in [-0.2, -0.15) is 0 Å². The summed E-state index contributed by atoms with van der Waals surface area (Å²) in [4.78, 5) is 12.3. The van der Waals surface area contributed by atoms with Crippen LogP contribution in [0.4, 0.5) is 0 Å². The molecular formula is C22H26N2O2. The molecule has 26 heavy (non-hydrogen) atoms. The summed E-state index contributed by atoms with van der Waals surface area (Å²) in [5.41, 5.74) is 3.16. The number of hydrogen-bond donors (Lipinski definition) is 2. The molecule has 2 aliphatic rings. The molecule has 1 aliphatic heterocycles. The number of amides is 1. The van der Waals surface area contributed by atoms with Crippen LogP contribution in [0.3, 0.4) is 0 Å². The average molecular weight is 350 g/mol. The molecule has 136 valence electrons. The van der Waals surface area contributed by atoms with E-state index < -0.39 is 0 Å². The molecule has 1 saturated heterocycles. The average Bonchev–Trinajstić information content (AvgIpc) is 3.47. The van der Waals surface area contributed by atoms with Gasteiger partial charge >= 0.3 is 0 Å². The van der Waals surface area contributed by atoms with Gasteiger partial charge in [-0.05, 0) is 42.5 Å². The zero-order valence-electron chi connectivity index (χ0n) is 15.0. The Labute approximate surface area is 155 Å². The van der Waals surface area contributed by atoms with Crippen LogP contribution in [0.2, 0.25) is 0 Å². The fraction of sp³-hybridized carbons (Fsp3) is 0.409. The second-order valence-corrected chi connectivity index (χ2v) is 7.29. The van der Waals surface area contributed by atoms with E-state index in [-0.39, 0.29) is 5.91 Å². The van der Waals surface area contributed by atoms with Gasteiger partial charge in [0.05, 0.1) is 0 Å². The summed E-state index contributed by atoms with van der Waals surface area (Å²) in [6, 6.07) is 19.3. The van der Waals surface area contributed by atoms with Crippen molar-refractivity contribution in [3.8, 4) is 0 Å². The molecule has 2 N–H and O–H groups in total. The van der Waals surface area contributed by atoms with Gasteiger partial charge in [0.2, 0.25) is 0 Å². The van der Waals surface area contributed by atoms with Crippen LogP contribution in [0.25, 0.3) is 0 Å². The quantitative estimate of drug-likeness (QED) is 0.841. The lowest BCUT2D eigenvalue weighted by molar-refractivity contribution is 0.0774. The van der Waals surface area contributed by atoms with Crippen LogP contribution >= 0.6 is 0 Å². The van der Waals surface area contributed by atoms with E-state index in [9.17, 15) is 4.79 Å². The number of ether oxygens (including phenoxy) is 1. The molecule has 2 atom stereocenters. The number of hydrogen-bond acceptors (Lipinski definition) is 3. The number of carbonyl (C=O) groups excluding carboxylic acids is 1. The van der Waals surface area contributed by atoms with Crippen molar-refractivity contribution in [3.05, 3.63) is 71.3 Å². The number of rotatable bonds is 6. The van der Waals surface area contributed by atoms with Crippen molar-refractivity contribution in [2.24, 2.45) is 0 Å². The van der Waals surface area contributed by atoms with E-state index >= 15 is 0 Å². The first-order valence-electron chi connectivity index (χ1n) is 9.55. The second kappa shape index (κ2) is 8.02. The molecule has 1 aliphatic carbocycles. The maximum Gasteiger partial charge on any atom is 0.251 e. The topological polar surface area (TPSA) is 50.4 Å². The Balaban J connectivity index is 1.27. The zero-order valence-corrected chi connectivity index (χ0v) is 15.0. The molecule has 1 amide bonds. The summed E-state index contributed by atoms with van der Waals surface area (Å²) in [7, 11) is 0. The van der Waals surface area contributed by atoms with E-state index in [1.165, 1.54) is 12.0 Å². The molecule has 0 spiro atoms. The maximum absolute atomic E-state index is 12.3. The minimum atomic E-state index is -0.0203. The van der Waals surface area contributed by atoms with Crippen molar-refractivity contribution >= 4 is 5.91 Å². The molecule has 0 unspecified atom stereocenters. The SMILES string of the molecule is O=C(NCc1ccccc1)c1ccc([C@@H]2C[C@H]2NC2CCOCC2)cc1. The fourth-order valence-corrected chi connectivity index (χ4v) is 3.68. The van der Waals surface area contributed by atoms with Gasteiger partial charge in [-0.1, -0.05) is 42.5 Å². The highest BCUT2D eigenvalue weighted by atomic mass is 16.5. The lowest BCUT2D eigenvalue weighted by Gasteiger charge is -2.23. The standard InChI is InChI=1S/C22H26N2O2/c25-22(23-15-16-4-2-1-3-5-16)18-8-6-17(7-9-18)20-14-21(20)24-19-10-12-26-13-11-19/h1-9,19-21,24H,10-15H2,(H,23,25)/t20-,21+/m0/s1. The first kappa shape index (κ1) is 17.3. The molecule has 2 fully saturated rings. The van der Waals surface area contributed by atoms with Gasteiger partial charge in [0.25, 0.3) is 5.91 Å². The van der Waals surface area contributed by atoms with E-state index in [1.807, 2.05) is 42.5 Å². The molecule has 4 nitrogen and oxygen atoms in total. The van der Waals surface area contributed by atoms with Crippen LogP contribution < -0.4 is 10.6 Å². The molecule has 4 rings (SSSR count). The highest BCUT2D eigenvalue weighted by Crippen LogP contribution is 2.41. The molecule has 0 aromatic heterocycles. The third kappa shape index (κ3) is 4.32. The summed E-state index contributed by atoms with van der Waals surface area (Å²) in [6.07, 6.45) is 3.42. The monoisotopic (exact) mass is 350 g/mol. The Morgan fingerprint density at radius 2 is 1.73 bits per heavy atom. The highest BCUT2D eigenvalue weighted by molar-refractivity contribution is 5.94. The van der Waals surface area contributed by atoms with Crippen LogP contribution in [0.1, 0.15) is 46.7 Å². The second-order valence-electron chi connectivity index (χ2n) is 7.29. The van der Waals surface area contributed by atoms with Crippen molar-refractivity contribution in [1.82, 2.24) is 10.6 Å². The summed E-state index contributed by atoms with van der Waals surface area (Å²) in [5.74, 6) is 0.562. The Morgan fingerprint density at radius 3 is 2.46 bits per heavy atom. The van der Waals surface area contributed by atoms with Gasteiger partial charge in [0.1, 0.15) is 0 Å². The van der Waals surface area contributed by atoms with Crippen molar-refractivity contribution in [1.29, 1.82) is 0 Å². The van der Waals surface area contributed by atoms with Crippen molar-refractivity contribution in [2.75, 3.05) is 13.2 Å². The van der Waals surface area contributed by atoms with Gasteiger partial charge in [-0.3, -0.25) is 4.79 Å². The molecule has 0 radical (unpaired) electrons. The molecular weight excluding hydrogens is 324 g/mol. The first-order chi connectivity index (χ1) is 12.8. The number of benzene rings is 2. The Kier molecular flexibility index (Phi) is 5.32. The summed E-state index contributed by atoms with van der Waals surface area (Å²) < 4.78 is 5.42. The number of carbonyl (C=O) groups is 1. The van der Waals surface area contributed by atoms with Crippen LogP contribution in [0, 0.1) is 0 Å². The van der Waals surface area contributed by atoms with Gasteiger partial charge in [-0.25, -0.2) is 0 Å². The zero-order chi connectivity index (χ0) is 17.8. The fourth-order valence-electron chi connectivity index (χ4n) is 3.68. The molecule has 0 bridgehead atoms. The van der Waals surface area contributed by atoms with Gasteiger partial charge in [0, 0.05) is 43.3 Å². The maximum atomic E-state index is 12.3. The van der Waals surface area contributed by atoms with E-state index in [0.717, 1.165) is 37.2 Å². The molecule has 2 aromatic carbocycles. The van der Waals surface area contributed by atoms with Crippen LogP contribution in [-0.2, 0) is 11.3 Å². The number of nitrogens with one attached hydrogen (secondary N) is 2. The molecule has 4 heteroatoms. The van der Waals surface area contributed by atoms with Crippen LogP contribution in [0.5, 0.6) is 0 Å². The predicted octanol–water partition coefficient (Wildman–Crippen LogP) is 3.24. The van der Waals surface area contributed by atoms with E-state index in [2.05, 4.69) is 22.8 Å². The van der Waals surface area contributed by atoms with E-state index in [0.29, 0.717) is 24.5 Å². The van der Waals surface area contributed by atoms with Gasteiger partial charge in [0.15, 0.2) is 0 Å². The van der Waals surface area contributed by atoms with E-state index in [1.54, 1.807) is 0 Å². The lowest BCUT2D eigenvalue weighted by atomic mass is 10.1. The lowest BCUT2D eigenvalue weighted by Crippen LogP contribution is -2.36. The smallest absolute Gasteiger partial charge is 0.251 e. The largest absolute Gasteiger partial charge is 0.381 e. The third-order valence-corrected chi connectivity index (χ3v) is 5.36. The highest BCUT2D eigenvalue weighted by Gasteiger charge is 2.39. The van der Waals surface area contributed by atoms with Gasteiger partial charge in [-0.15, -0.1) is 0 Å². The minimum Gasteiger partial charge on any atom is -0.381 e. The van der Waals surface area contributed by atoms with E-state index in [4.69, 9.17) is 4.74 Å². The Bertz CT molecular complexity index is 724. The Morgan fingerprint density at radius 1 is 1.00 bits per heavy atom. The molecule has 1 heterocycles. The van der Waals surface area contributed by atoms with Crippen molar-refractivity contribution in [3.63, 3.8) is 0 Å². The molecule has 2 aromatic rings. The Hall–Kier alpha value is -2.17. The van der Waals surface area contributed by atoms with Crippen LogP contribution in [0.15, 0.2) is 54.6 Å².